The Balaban J connectivity index is 1.90. The predicted octanol–water partition coefficient (Wildman–Crippen LogP) is 5.29. The summed E-state index contributed by atoms with van der Waals surface area (Å²) in [6, 6.07) is 19.1. The second kappa shape index (κ2) is 12.4. The van der Waals surface area contributed by atoms with Gasteiger partial charge in [-0.15, -0.1) is 0 Å². The van der Waals surface area contributed by atoms with Crippen LogP contribution in [0.1, 0.15) is 18.1 Å². The minimum absolute atomic E-state index is 0.122. The van der Waals surface area contributed by atoms with Gasteiger partial charge < -0.3 is 15.0 Å². The van der Waals surface area contributed by atoms with Crippen LogP contribution < -0.4 is 10.1 Å². The minimum atomic E-state index is -0.791. The van der Waals surface area contributed by atoms with Crippen molar-refractivity contribution in [2.24, 2.45) is 0 Å². The molecule has 178 valence electrons. The molecule has 1 atom stereocenters. The van der Waals surface area contributed by atoms with E-state index in [-0.39, 0.29) is 19.1 Å². The van der Waals surface area contributed by atoms with Crippen LogP contribution in [0.3, 0.4) is 0 Å². The molecule has 3 rings (SSSR count). The van der Waals surface area contributed by atoms with Crippen LogP contribution in [0.25, 0.3) is 0 Å². The average molecular weight is 503 g/mol. The number of halogens is 3. The standard InChI is InChI=1S/C26H25Cl2FN2O3/c1-2-30-26(33)24(15-18-6-4-3-5-7-18)31(16-19-8-13-22(27)23(28)14-19)25(32)17-34-21-11-9-20(29)10-12-21/h3-14,24H,2,15-17H2,1H3,(H,30,33)/t24-/m1/s1. The van der Waals surface area contributed by atoms with Crippen molar-refractivity contribution in [1.82, 2.24) is 10.2 Å². The number of rotatable bonds is 10. The van der Waals surface area contributed by atoms with Gasteiger partial charge in [0.25, 0.3) is 5.91 Å². The molecule has 3 aromatic rings. The maximum atomic E-state index is 13.4. The molecule has 0 aliphatic carbocycles. The highest BCUT2D eigenvalue weighted by Gasteiger charge is 2.30. The van der Waals surface area contributed by atoms with Gasteiger partial charge in [0.2, 0.25) is 5.91 Å². The highest BCUT2D eigenvalue weighted by molar-refractivity contribution is 6.42. The van der Waals surface area contributed by atoms with E-state index in [4.69, 9.17) is 27.9 Å². The molecule has 0 radical (unpaired) electrons. The fourth-order valence-corrected chi connectivity index (χ4v) is 3.76. The average Bonchev–Trinajstić information content (AvgIpc) is 2.83. The number of ether oxygens (including phenoxy) is 1. The summed E-state index contributed by atoms with van der Waals surface area (Å²) in [5.74, 6) is -0.731. The summed E-state index contributed by atoms with van der Waals surface area (Å²) in [6.07, 6.45) is 0.316. The molecule has 0 saturated carbocycles. The zero-order valence-electron chi connectivity index (χ0n) is 18.6. The summed E-state index contributed by atoms with van der Waals surface area (Å²) < 4.78 is 18.8. The van der Waals surface area contributed by atoms with E-state index in [2.05, 4.69) is 5.32 Å². The molecule has 0 aromatic heterocycles. The normalized spacial score (nSPS) is 11.5. The zero-order valence-corrected chi connectivity index (χ0v) is 20.2. The van der Waals surface area contributed by atoms with Crippen LogP contribution in [-0.4, -0.2) is 35.9 Å². The lowest BCUT2D eigenvalue weighted by Gasteiger charge is -2.31. The van der Waals surface area contributed by atoms with E-state index in [1.807, 2.05) is 37.3 Å². The molecule has 0 spiro atoms. The Kier molecular flexibility index (Phi) is 9.31. The Morgan fingerprint density at radius 3 is 2.32 bits per heavy atom. The highest BCUT2D eigenvalue weighted by atomic mass is 35.5. The summed E-state index contributed by atoms with van der Waals surface area (Å²) in [5.41, 5.74) is 1.62. The van der Waals surface area contributed by atoms with Crippen LogP contribution in [0.4, 0.5) is 4.39 Å². The van der Waals surface area contributed by atoms with Crippen molar-refractivity contribution in [3.05, 3.63) is 99.8 Å². The van der Waals surface area contributed by atoms with E-state index in [0.717, 1.165) is 5.56 Å². The van der Waals surface area contributed by atoms with Crippen LogP contribution in [-0.2, 0) is 22.6 Å². The lowest BCUT2D eigenvalue weighted by Crippen LogP contribution is -2.51. The van der Waals surface area contributed by atoms with Crippen molar-refractivity contribution >= 4 is 35.0 Å². The first-order chi connectivity index (χ1) is 16.4. The summed E-state index contributed by atoms with van der Waals surface area (Å²) in [4.78, 5) is 27.9. The molecule has 0 saturated heterocycles. The van der Waals surface area contributed by atoms with Crippen molar-refractivity contribution in [2.75, 3.05) is 13.2 Å². The van der Waals surface area contributed by atoms with E-state index >= 15 is 0 Å². The molecule has 0 bridgehead atoms. The third-order valence-corrected chi connectivity index (χ3v) is 5.87. The molecule has 0 aliphatic rings. The Bertz CT molecular complexity index is 1110. The molecule has 8 heteroatoms. The van der Waals surface area contributed by atoms with E-state index in [1.54, 1.807) is 18.2 Å². The molecule has 1 N–H and O–H groups in total. The topological polar surface area (TPSA) is 58.6 Å². The lowest BCUT2D eigenvalue weighted by molar-refractivity contribution is -0.142. The second-order valence-electron chi connectivity index (χ2n) is 7.61. The number of carbonyl (C=O) groups excluding carboxylic acids is 2. The van der Waals surface area contributed by atoms with Gasteiger partial charge in [0, 0.05) is 19.5 Å². The molecule has 5 nitrogen and oxygen atoms in total. The second-order valence-corrected chi connectivity index (χ2v) is 8.43. The van der Waals surface area contributed by atoms with Crippen LogP contribution in [0.15, 0.2) is 72.8 Å². The monoisotopic (exact) mass is 502 g/mol. The van der Waals surface area contributed by atoms with Gasteiger partial charge in [-0.05, 0) is 54.4 Å². The van der Waals surface area contributed by atoms with Gasteiger partial charge in [-0.25, -0.2) is 4.39 Å². The van der Waals surface area contributed by atoms with Crippen LogP contribution in [0.2, 0.25) is 10.0 Å². The van der Waals surface area contributed by atoms with Gasteiger partial charge in [-0.3, -0.25) is 9.59 Å². The van der Waals surface area contributed by atoms with E-state index in [9.17, 15) is 14.0 Å². The number of amides is 2. The first-order valence-corrected chi connectivity index (χ1v) is 11.6. The van der Waals surface area contributed by atoms with Gasteiger partial charge in [-0.1, -0.05) is 59.6 Å². The number of benzene rings is 3. The molecule has 0 fully saturated rings. The maximum absolute atomic E-state index is 13.4. The van der Waals surface area contributed by atoms with Crippen molar-refractivity contribution in [1.29, 1.82) is 0 Å². The van der Waals surface area contributed by atoms with E-state index in [1.165, 1.54) is 29.2 Å². The van der Waals surface area contributed by atoms with Crippen molar-refractivity contribution < 1.29 is 18.7 Å². The minimum Gasteiger partial charge on any atom is -0.484 e. The zero-order chi connectivity index (χ0) is 24.5. The van der Waals surface area contributed by atoms with Gasteiger partial charge in [0.05, 0.1) is 10.0 Å². The number of hydrogen-bond acceptors (Lipinski definition) is 3. The number of likely N-dealkylation sites (N-methyl/N-ethyl adjacent to an activating group) is 1. The predicted molar refractivity (Wildman–Crippen MR) is 132 cm³/mol. The van der Waals surface area contributed by atoms with Gasteiger partial charge in [0.1, 0.15) is 17.6 Å². The van der Waals surface area contributed by atoms with Crippen LogP contribution >= 0.6 is 23.2 Å². The summed E-state index contributed by atoms with van der Waals surface area (Å²) >= 11 is 12.2. The van der Waals surface area contributed by atoms with E-state index in [0.29, 0.717) is 34.3 Å². The van der Waals surface area contributed by atoms with Crippen molar-refractivity contribution in [2.45, 2.75) is 25.9 Å². The van der Waals surface area contributed by atoms with Crippen LogP contribution in [0.5, 0.6) is 5.75 Å². The van der Waals surface area contributed by atoms with Crippen molar-refractivity contribution in [3.63, 3.8) is 0 Å². The highest BCUT2D eigenvalue weighted by Crippen LogP contribution is 2.24. The lowest BCUT2D eigenvalue weighted by atomic mass is 10.0. The Labute approximate surface area is 208 Å². The van der Waals surface area contributed by atoms with Gasteiger partial charge >= 0.3 is 0 Å². The Hall–Kier alpha value is -3.09. The number of nitrogens with one attached hydrogen (secondary N) is 1. The molecule has 0 aliphatic heterocycles. The number of carbonyl (C=O) groups is 2. The maximum Gasteiger partial charge on any atom is 0.261 e. The summed E-state index contributed by atoms with van der Waals surface area (Å²) in [6.45, 7) is 2.04. The molecule has 0 heterocycles. The first kappa shape index (κ1) is 25.5. The van der Waals surface area contributed by atoms with Crippen LogP contribution in [0, 0.1) is 5.82 Å². The molecular weight excluding hydrogens is 478 g/mol. The third kappa shape index (κ3) is 7.20. The number of nitrogens with zero attached hydrogens (tertiary/aromatic N) is 1. The first-order valence-electron chi connectivity index (χ1n) is 10.8. The molecule has 2 amide bonds. The fraction of sp³-hybridized carbons (Fsp3) is 0.231. The third-order valence-electron chi connectivity index (χ3n) is 5.13. The molecule has 0 unspecified atom stereocenters. The smallest absolute Gasteiger partial charge is 0.261 e. The SMILES string of the molecule is CCNC(=O)[C@@H](Cc1ccccc1)N(Cc1ccc(Cl)c(Cl)c1)C(=O)COc1ccc(F)cc1. The fourth-order valence-electron chi connectivity index (χ4n) is 3.44. The van der Waals surface area contributed by atoms with Gasteiger partial charge in [-0.2, -0.15) is 0 Å². The quantitative estimate of drug-likeness (QED) is 0.409. The molecule has 34 heavy (non-hydrogen) atoms. The number of hydrogen-bond donors (Lipinski definition) is 1. The summed E-state index contributed by atoms with van der Waals surface area (Å²) in [5, 5.41) is 3.57. The molecular formula is C26H25Cl2FN2O3. The molecule has 3 aromatic carbocycles. The Morgan fingerprint density at radius 1 is 0.971 bits per heavy atom. The van der Waals surface area contributed by atoms with Gasteiger partial charge in [0.15, 0.2) is 6.61 Å². The Morgan fingerprint density at radius 2 is 1.68 bits per heavy atom. The van der Waals surface area contributed by atoms with E-state index < -0.39 is 17.8 Å². The van der Waals surface area contributed by atoms with Crippen molar-refractivity contribution in [3.8, 4) is 5.75 Å². The summed E-state index contributed by atoms with van der Waals surface area (Å²) in [7, 11) is 0. The largest absolute Gasteiger partial charge is 0.484 e.